The first-order valence-electron chi connectivity index (χ1n) is 10.6. The molecule has 28 heavy (non-hydrogen) atoms. The lowest BCUT2D eigenvalue weighted by Crippen LogP contribution is -2.53. The van der Waals surface area contributed by atoms with E-state index < -0.39 is 0 Å². The molecular formula is C21H35N3O4. The number of piperidine rings is 1. The van der Waals surface area contributed by atoms with Crippen molar-refractivity contribution in [3.8, 4) is 0 Å². The van der Waals surface area contributed by atoms with Gasteiger partial charge in [-0.2, -0.15) is 0 Å². The number of likely N-dealkylation sites (tertiary alicyclic amines) is 1. The normalized spacial score (nSPS) is 22.0. The summed E-state index contributed by atoms with van der Waals surface area (Å²) in [5, 5.41) is 3.24. The van der Waals surface area contributed by atoms with E-state index in [1.54, 1.807) is 0 Å². The highest BCUT2D eigenvalue weighted by molar-refractivity contribution is 5.75. The topological polar surface area (TPSA) is 67.2 Å². The van der Waals surface area contributed by atoms with Gasteiger partial charge in [-0.3, -0.25) is 0 Å². The minimum atomic E-state index is -0.151. The van der Waals surface area contributed by atoms with Crippen molar-refractivity contribution in [2.24, 2.45) is 0 Å². The van der Waals surface area contributed by atoms with Crippen molar-refractivity contribution in [1.82, 2.24) is 15.1 Å². The quantitative estimate of drug-likeness (QED) is 0.772. The molecule has 2 fully saturated rings. The molecule has 0 radical (unpaired) electrons. The number of nitrogens with one attached hydrogen (secondary N) is 1. The van der Waals surface area contributed by atoms with E-state index in [2.05, 4.69) is 31.0 Å². The number of rotatable bonds is 7. The second kappa shape index (κ2) is 10.3. The summed E-state index contributed by atoms with van der Waals surface area (Å²) < 4.78 is 17.1. The lowest BCUT2D eigenvalue weighted by atomic mass is 10.1. The van der Waals surface area contributed by atoms with Crippen molar-refractivity contribution < 1.29 is 18.7 Å². The first kappa shape index (κ1) is 21.1. The monoisotopic (exact) mass is 393 g/mol. The van der Waals surface area contributed by atoms with Gasteiger partial charge in [0, 0.05) is 38.6 Å². The summed E-state index contributed by atoms with van der Waals surface area (Å²) >= 11 is 0. The van der Waals surface area contributed by atoms with E-state index in [4.69, 9.17) is 13.9 Å². The molecule has 1 aromatic rings. The van der Waals surface area contributed by atoms with Gasteiger partial charge >= 0.3 is 6.03 Å². The van der Waals surface area contributed by atoms with Gasteiger partial charge in [0.05, 0.1) is 25.9 Å². The van der Waals surface area contributed by atoms with E-state index in [-0.39, 0.29) is 24.2 Å². The van der Waals surface area contributed by atoms with Crippen LogP contribution in [-0.2, 0) is 15.9 Å². The summed E-state index contributed by atoms with van der Waals surface area (Å²) in [7, 11) is 0. The number of urea groups is 1. The predicted octanol–water partition coefficient (Wildman–Crippen LogP) is 2.81. The Bertz CT molecular complexity index is 611. The lowest BCUT2D eigenvalue weighted by molar-refractivity contribution is 0.00272. The van der Waals surface area contributed by atoms with Crippen LogP contribution in [0, 0.1) is 0 Å². The van der Waals surface area contributed by atoms with Gasteiger partial charge < -0.3 is 29.0 Å². The molecule has 2 aliphatic rings. The Morgan fingerprint density at radius 1 is 1.29 bits per heavy atom. The third-order valence-electron chi connectivity index (χ3n) is 5.52. The second-order valence-corrected chi connectivity index (χ2v) is 7.93. The Morgan fingerprint density at radius 2 is 2.07 bits per heavy atom. The van der Waals surface area contributed by atoms with Gasteiger partial charge in [-0.15, -0.1) is 0 Å². The van der Waals surface area contributed by atoms with E-state index in [0.717, 1.165) is 57.0 Å². The predicted molar refractivity (Wildman–Crippen MR) is 107 cm³/mol. The number of carbonyl (C=O) groups excluding carboxylic acids is 1. The van der Waals surface area contributed by atoms with Crippen molar-refractivity contribution in [2.75, 3.05) is 46.0 Å². The molecule has 2 amide bonds. The molecule has 158 valence electrons. The van der Waals surface area contributed by atoms with Crippen molar-refractivity contribution in [2.45, 2.75) is 58.2 Å². The van der Waals surface area contributed by atoms with E-state index >= 15 is 0 Å². The van der Waals surface area contributed by atoms with Crippen LogP contribution >= 0.6 is 0 Å². The molecule has 1 N–H and O–H groups in total. The van der Waals surface area contributed by atoms with Crippen LogP contribution in [0.2, 0.25) is 0 Å². The molecule has 7 nitrogen and oxygen atoms in total. The van der Waals surface area contributed by atoms with Crippen molar-refractivity contribution in [3.05, 3.63) is 23.7 Å². The molecule has 3 rings (SSSR count). The van der Waals surface area contributed by atoms with E-state index in [1.165, 1.54) is 0 Å². The Morgan fingerprint density at radius 3 is 2.75 bits per heavy atom. The summed E-state index contributed by atoms with van der Waals surface area (Å²) in [6.07, 6.45) is 3.08. The summed E-state index contributed by atoms with van der Waals surface area (Å²) in [5.41, 5.74) is 0. The molecule has 1 atom stereocenters. The SMILES string of the molecule is CCc1ccc(C2COCCN2C(=O)NC2CCN(CCOC(C)C)CC2)o1. The van der Waals surface area contributed by atoms with Crippen LogP contribution in [0.25, 0.3) is 0 Å². The van der Waals surface area contributed by atoms with Crippen molar-refractivity contribution in [3.63, 3.8) is 0 Å². The Hall–Kier alpha value is -1.57. The van der Waals surface area contributed by atoms with Crippen LogP contribution in [0.15, 0.2) is 16.5 Å². The zero-order valence-electron chi connectivity index (χ0n) is 17.5. The van der Waals surface area contributed by atoms with Gasteiger partial charge in [-0.05, 0) is 38.8 Å². The summed E-state index contributed by atoms with van der Waals surface area (Å²) in [6, 6.07) is 4.02. The standard InChI is InChI=1S/C21H35N3O4/c1-4-18-5-6-20(28-18)19-15-26-13-12-24(19)21(25)22-17-7-9-23(10-8-17)11-14-27-16(2)3/h5-6,16-17,19H,4,7-15H2,1-3H3,(H,22,25). The maximum atomic E-state index is 12.9. The zero-order chi connectivity index (χ0) is 19.9. The summed E-state index contributed by atoms with van der Waals surface area (Å²) in [5.74, 6) is 1.75. The average molecular weight is 394 g/mol. The third kappa shape index (κ3) is 5.72. The van der Waals surface area contributed by atoms with Gasteiger partial charge in [0.1, 0.15) is 17.6 Å². The number of hydrogen-bond acceptors (Lipinski definition) is 5. The molecule has 0 spiro atoms. The minimum Gasteiger partial charge on any atom is -0.464 e. The number of carbonyl (C=O) groups is 1. The van der Waals surface area contributed by atoms with Crippen LogP contribution in [0.1, 0.15) is 51.2 Å². The van der Waals surface area contributed by atoms with Crippen LogP contribution in [0.5, 0.6) is 0 Å². The Labute approximate surface area is 168 Å². The highest BCUT2D eigenvalue weighted by atomic mass is 16.5. The van der Waals surface area contributed by atoms with Gasteiger partial charge in [-0.25, -0.2) is 4.79 Å². The minimum absolute atomic E-state index is 0.00987. The molecule has 7 heteroatoms. The van der Waals surface area contributed by atoms with Gasteiger partial charge in [0.15, 0.2) is 0 Å². The lowest BCUT2D eigenvalue weighted by Gasteiger charge is -2.37. The number of morpholine rings is 1. The van der Waals surface area contributed by atoms with E-state index in [1.807, 2.05) is 17.0 Å². The van der Waals surface area contributed by atoms with Crippen molar-refractivity contribution >= 4 is 6.03 Å². The molecule has 0 aromatic carbocycles. The maximum Gasteiger partial charge on any atom is 0.318 e. The molecular weight excluding hydrogens is 358 g/mol. The fraction of sp³-hybridized carbons (Fsp3) is 0.762. The highest BCUT2D eigenvalue weighted by Gasteiger charge is 2.32. The van der Waals surface area contributed by atoms with Crippen LogP contribution in [0.4, 0.5) is 4.79 Å². The molecule has 1 unspecified atom stereocenters. The maximum absolute atomic E-state index is 12.9. The molecule has 0 saturated carbocycles. The van der Waals surface area contributed by atoms with E-state index in [0.29, 0.717) is 19.8 Å². The molecule has 0 aliphatic carbocycles. The molecule has 3 heterocycles. The number of furan rings is 1. The fourth-order valence-corrected chi connectivity index (χ4v) is 3.82. The molecule has 0 bridgehead atoms. The number of ether oxygens (including phenoxy) is 2. The van der Waals surface area contributed by atoms with Crippen LogP contribution in [0.3, 0.4) is 0 Å². The van der Waals surface area contributed by atoms with Gasteiger partial charge in [-0.1, -0.05) is 6.92 Å². The summed E-state index contributed by atoms with van der Waals surface area (Å²) in [4.78, 5) is 17.2. The van der Waals surface area contributed by atoms with Crippen molar-refractivity contribution in [1.29, 1.82) is 0 Å². The Kier molecular flexibility index (Phi) is 7.76. The zero-order valence-corrected chi connectivity index (χ0v) is 17.5. The molecule has 1 aromatic heterocycles. The van der Waals surface area contributed by atoms with Crippen LogP contribution in [-0.4, -0.2) is 74.0 Å². The number of aryl methyl sites for hydroxylation is 1. The van der Waals surface area contributed by atoms with Gasteiger partial charge in [0.25, 0.3) is 0 Å². The largest absolute Gasteiger partial charge is 0.464 e. The van der Waals surface area contributed by atoms with E-state index in [9.17, 15) is 4.79 Å². The number of amides is 2. The number of nitrogens with zero attached hydrogens (tertiary/aromatic N) is 2. The number of hydrogen-bond donors (Lipinski definition) is 1. The molecule has 2 aliphatic heterocycles. The summed E-state index contributed by atoms with van der Waals surface area (Å²) in [6.45, 7) is 11.6. The first-order valence-corrected chi connectivity index (χ1v) is 10.6. The second-order valence-electron chi connectivity index (χ2n) is 7.93. The first-order chi connectivity index (χ1) is 13.6. The van der Waals surface area contributed by atoms with Crippen LogP contribution < -0.4 is 5.32 Å². The highest BCUT2D eigenvalue weighted by Crippen LogP contribution is 2.26. The average Bonchev–Trinajstić information content (AvgIpc) is 3.18. The third-order valence-corrected chi connectivity index (χ3v) is 5.52. The van der Waals surface area contributed by atoms with Gasteiger partial charge in [0.2, 0.25) is 0 Å². The fourth-order valence-electron chi connectivity index (χ4n) is 3.82. The smallest absolute Gasteiger partial charge is 0.318 e. The Balaban J connectivity index is 1.48. The molecule has 2 saturated heterocycles.